The molecule has 3 aromatic rings. The molecule has 7 nitrogen and oxygen atoms in total. The Kier molecular flexibility index (Phi) is 5.03. The van der Waals surface area contributed by atoms with Crippen LogP contribution in [-0.4, -0.2) is 55.7 Å². The van der Waals surface area contributed by atoms with E-state index in [4.69, 9.17) is 4.74 Å². The lowest BCUT2D eigenvalue weighted by atomic mass is 9.86. The number of aromatic nitrogens is 4. The smallest absolute Gasteiger partial charge is 0.254 e. The number of fused-ring (bicyclic) bond motifs is 1. The maximum absolute atomic E-state index is 13.4. The zero-order valence-electron chi connectivity index (χ0n) is 17.2. The van der Waals surface area contributed by atoms with E-state index >= 15 is 0 Å². The topological polar surface area (TPSA) is 72.6 Å². The van der Waals surface area contributed by atoms with Crippen LogP contribution in [0.3, 0.4) is 0 Å². The van der Waals surface area contributed by atoms with Crippen LogP contribution in [0, 0.1) is 13.8 Å². The van der Waals surface area contributed by atoms with E-state index in [2.05, 4.69) is 37.3 Å². The van der Waals surface area contributed by atoms with Gasteiger partial charge in [-0.25, -0.2) is 9.50 Å². The van der Waals surface area contributed by atoms with Gasteiger partial charge < -0.3 is 9.64 Å². The number of hydrogen-bond acceptors (Lipinski definition) is 5. The molecular weight excluding hydrogens is 385 g/mol. The van der Waals surface area contributed by atoms with Crippen molar-refractivity contribution in [1.29, 1.82) is 0 Å². The fourth-order valence-corrected chi connectivity index (χ4v) is 4.74. The van der Waals surface area contributed by atoms with Gasteiger partial charge in [0.05, 0.1) is 12.8 Å². The maximum atomic E-state index is 13.4. The van der Waals surface area contributed by atoms with E-state index in [0.717, 1.165) is 29.1 Å². The SMILES string of the molecule is COc1ccc(C(=O)N2CC(c3cc(C)nc4ncnn34)CC(C)(P)C2)c(C)c1. The minimum atomic E-state index is -0.0942. The van der Waals surface area contributed by atoms with Crippen LogP contribution < -0.4 is 4.74 Å². The molecule has 0 saturated carbocycles. The molecule has 2 aromatic heterocycles. The maximum Gasteiger partial charge on any atom is 0.254 e. The van der Waals surface area contributed by atoms with Crippen molar-refractivity contribution in [2.45, 2.75) is 38.3 Å². The lowest BCUT2D eigenvalue weighted by Gasteiger charge is -2.42. The molecule has 3 heterocycles. The highest BCUT2D eigenvalue weighted by Crippen LogP contribution is 2.38. The van der Waals surface area contributed by atoms with Crippen molar-refractivity contribution in [2.24, 2.45) is 0 Å². The summed E-state index contributed by atoms with van der Waals surface area (Å²) < 4.78 is 7.07. The van der Waals surface area contributed by atoms with Gasteiger partial charge in [0, 0.05) is 35.4 Å². The van der Waals surface area contributed by atoms with Crippen LogP contribution in [-0.2, 0) is 0 Å². The molecule has 0 N–H and O–H groups in total. The summed E-state index contributed by atoms with van der Waals surface area (Å²) in [6.07, 6.45) is 2.46. The summed E-state index contributed by atoms with van der Waals surface area (Å²) in [5.74, 6) is 1.54. The van der Waals surface area contributed by atoms with Crippen molar-refractivity contribution in [2.75, 3.05) is 20.2 Å². The molecule has 4 rings (SSSR count). The highest BCUT2D eigenvalue weighted by atomic mass is 31.0. The number of benzene rings is 1. The van der Waals surface area contributed by atoms with Crippen LogP contribution in [0.1, 0.15) is 46.6 Å². The van der Waals surface area contributed by atoms with Crippen LogP contribution in [0.5, 0.6) is 5.75 Å². The van der Waals surface area contributed by atoms with Gasteiger partial charge >= 0.3 is 0 Å². The average Bonchev–Trinajstić information content (AvgIpc) is 3.13. The minimum absolute atomic E-state index is 0.0455. The molecular formula is C21H26N5O2P. The Hall–Kier alpha value is -2.53. The van der Waals surface area contributed by atoms with Crippen molar-refractivity contribution >= 4 is 20.9 Å². The summed E-state index contributed by atoms with van der Waals surface area (Å²) in [4.78, 5) is 24.0. The van der Waals surface area contributed by atoms with Gasteiger partial charge in [-0.15, -0.1) is 9.24 Å². The largest absolute Gasteiger partial charge is 0.497 e. The summed E-state index contributed by atoms with van der Waals surface area (Å²) in [6.45, 7) is 7.40. The monoisotopic (exact) mass is 411 g/mol. The number of methoxy groups -OCH3 is 1. The molecule has 0 aliphatic carbocycles. The van der Waals surface area contributed by atoms with Gasteiger partial charge in [0.1, 0.15) is 12.1 Å². The summed E-state index contributed by atoms with van der Waals surface area (Å²) in [5.41, 5.74) is 3.58. The third-order valence-corrected chi connectivity index (χ3v) is 5.90. The van der Waals surface area contributed by atoms with Gasteiger partial charge in [-0.3, -0.25) is 4.79 Å². The van der Waals surface area contributed by atoms with E-state index in [1.807, 2.05) is 36.9 Å². The van der Waals surface area contributed by atoms with Crippen LogP contribution in [0.25, 0.3) is 5.78 Å². The van der Waals surface area contributed by atoms with E-state index in [-0.39, 0.29) is 17.0 Å². The molecule has 29 heavy (non-hydrogen) atoms. The number of likely N-dealkylation sites (tertiary alicyclic amines) is 1. The number of hydrogen-bond donors (Lipinski definition) is 0. The second kappa shape index (κ2) is 7.38. The van der Waals surface area contributed by atoms with E-state index in [1.165, 1.54) is 6.33 Å². The first-order valence-corrected chi connectivity index (χ1v) is 10.3. The Labute approximate surface area is 172 Å². The second-order valence-electron chi connectivity index (χ2n) is 8.22. The van der Waals surface area contributed by atoms with Crippen molar-refractivity contribution < 1.29 is 9.53 Å². The van der Waals surface area contributed by atoms with Crippen LogP contribution >= 0.6 is 9.24 Å². The Morgan fingerprint density at radius 1 is 1.31 bits per heavy atom. The predicted molar refractivity (Wildman–Crippen MR) is 115 cm³/mol. The fourth-order valence-electron chi connectivity index (χ4n) is 4.23. The molecule has 3 unspecified atom stereocenters. The van der Waals surface area contributed by atoms with Gasteiger partial charge in [-0.2, -0.15) is 10.1 Å². The van der Waals surface area contributed by atoms with Crippen molar-refractivity contribution in [3.8, 4) is 5.75 Å². The van der Waals surface area contributed by atoms with Gasteiger partial charge in [-0.05, 0) is 50.1 Å². The number of rotatable bonds is 3. The van der Waals surface area contributed by atoms with Crippen molar-refractivity contribution in [3.63, 3.8) is 0 Å². The normalized spacial score (nSPS) is 22.1. The lowest BCUT2D eigenvalue weighted by molar-refractivity contribution is 0.0675. The number of carbonyl (C=O) groups excluding carboxylic acids is 1. The standard InChI is InChI=1S/C21H26N5O2P/c1-13-7-16(28-4)5-6-17(13)19(27)25-10-15(9-21(3,29)11-25)18-8-14(2)24-20-22-12-23-26(18)20/h5-8,12,15H,9-11,29H2,1-4H3. The quantitative estimate of drug-likeness (QED) is 0.620. The first kappa shape index (κ1) is 19.8. The molecule has 3 atom stereocenters. The molecule has 0 spiro atoms. The molecule has 1 fully saturated rings. The fraction of sp³-hybridized carbons (Fsp3) is 0.429. The van der Waals surface area contributed by atoms with E-state index in [9.17, 15) is 4.79 Å². The second-order valence-corrected chi connectivity index (χ2v) is 9.61. The third-order valence-electron chi connectivity index (χ3n) is 5.48. The highest BCUT2D eigenvalue weighted by Gasteiger charge is 2.37. The van der Waals surface area contributed by atoms with Gasteiger partial charge in [0.2, 0.25) is 0 Å². The average molecular weight is 411 g/mol. The van der Waals surface area contributed by atoms with Crippen molar-refractivity contribution in [1.82, 2.24) is 24.5 Å². The zero-order valence-corrected chi connectivity index (χ0v) is 18.4. The molecule has 0 radical (unpaired) electrons. The number of carbonyl (C=O) groups is 1. The van der Waals surface area contributed by atoms with Gasteiger partial charge in [0.15, 0.2) is 0 Å². The Morgan fingerprint density at radius 2 is 2.10 bits per heavy atom. The number of piperidine rings is 1. The van der Waals surface area contributed by atoms with E-state index < -0.39 is 0 Å². The molecule has 1 saturated heterocycles. The number of amides is 1. The summed E-state index contributed by atoms with van der Waals surface area (Å²) in [7, 11) is 4.57. The number of aryl methyl sites for hydroxylation is 2. The van der Waals surface area contributed by atoms with Gasteiger partial charge in [-0.1, -0.05) is 6.92 Å². The zero-order chi connectivity index (χ0) is 20.8. The molecule has 0 bridgehead atoms. The van der Waals surface area contributed by atoms with E-state index in [0.29, 0.717) is 24.4 Å². The van der Waals surface area contributed by atoms with Gasteiger partial charge in [0.25, 0.3) is 11.7 Å². The Morgan fingerprint density at radius 3 is 2.83 bits per heavy atom. The Balaban J connectivity index is 1.69. The molecule has 1 aliphatic rings. The minimum Gasteiger partial charge on any atom is -0.497 e. The predicted octanol–water partition coefficient (Wildman–Crippen LogP) is 3.01. The van der Waals surface area contributed by atoms with Crippen LogP contribution in [0.2, 0.25) is 0 Å². The molecule has 8 heteroatoms. The number of nitrogens with zero attached hydrogens (tertiary/aromatic N) is 5. The van der Waals surface area contributed by atoms with E-state index in [1.54, 1.807) is 11.6 Å². The first-order valence-electron chi connectivity index (χ1n) is 9.67. The van der Waals surface area contributed by atoms with Crippen LogP contribution in [0.4, 0.5) is 0 Å². The van der Waals surface area contributed by atoms with Crippen molar-refractivity contribution in [3.05, 3.63) is 53.1 Å². The lowest BCUT2D eigenvalue weighted by Crippen LogP contribution is -2.49. The molecule has 152 valence electrons. The summed E-state index contributed by atoms with van der Waals surface area (Å²) >= 11 is 0. The molecule has 1 aliphatic heterocycles. The number of ether oxygens (including phenoxy) is 1. The Bertz CT molecular complexity index is 1080. The first-order chi connectivity index (χ1) is 13.8. The third kappa shape index (κ3) is 3.84. The molecule has 1 amide bonds. The highest BCUT2D eigenvalue weighted by molar-refractivity contribution is 7.19. The van der Waals surface area contributed by atoms with Crippen LogP contribution in [0.15, 0.2) is 30.6 Å². The molecule has 1 aromatic carbocycles. The summed E-state index contributed by atoms with van der Waals surface area (Å²) in [6, 6.07) is 7.65. The summed E-state index contributed by atoms with van der Waals surface area (Å²) in [5, 5.41) is 4.27.